The molecule has 0 amide bonds. The van der Waals surface area contributed by atoms with Crippen LogP contribution in [0.1, 0.15) is 31.7 Å². The first-order chi connectivity index (χ1) is 12.4. The Kier molecular flexibility index (Phi) is 4.62. The first-order valence-electron chi connectivity index (χ1n) is 9.51. The molecule has 2 N–H and O–H groups in total. The van der Waals surface area contributed by atoms with Crippen molar-refractivity contribution in [3.05, 3.63) is 35.9 Å². The van der Waals surface area contributed by atoms with Crippen molar-refractivity contribution in [3.8, 4) is 0 Å². The van der Waals surface area contributed by atoms with Crippen LogP contribution in [-0.2, 0) is 9.59 Å². The second kappa shape index (κ2) is 6.29. The zero-order valence-electron chi connectivity index (χ0n) is 16.7. The molecule has 5 atom stereocenters. The summed E-state index contributed by atoms with van der Waals surface area (Å²) in [4.78, 5) is 29.9. The van der Waals surface area contributed by atoms with Crippen LogP contribution in [0.15, 0.2) is 35.3 Å². The molecule has 0 saturated heterocycles. The third-order valence-electron chi connectivity index (χ3n) is 6.46. The zero-order chi connectivity index (χ0) is 20.2. The highest BCUT2D eigenvalue weighted by Crippen LogP contribution is 2.63. The number of fused-ring (bicyclic) bond motifs is 2. The predicted molar refractivity (Wildman–Crippen MR) is 108 cm³/mol. The zero-order valence-corrected chi connectivity index (χ0v) is 17.7. The molecule has 146 valence electrons. The Morgan fingerprint density at radius 1 is 1.19 bits per heavy atom. The van der Waals surface area contributed by atoms with Crippen LogP contribution in [0, 0.1) is 17.3 Å². The quantitative estimate of drug-likeness (QED) is 0.744. The first kappa shape index (κ1) is 19.8. The lowest BCUT2D eigenvalue weighted by atomic mass is 9.46. The fourth-order valence-electron chi connectivity index (χ4n) is 5.73. The van der Waals surface area contributed by atoms with Gasteiger partial charge in [-0.15, -0.1) is 0 Å². The van der Waals surface area contributed by atoms with Crippen LogP contribution in [0.25, 0.3) is 0 Å². The molecule has 6 heteroatoms. The molecule has 2 aliphatic heterocycles. The number of benzene rings is 1. The van der Waals surface area contributed by atoms with Gasteiger partial charge in [0.25, 0.3) is 0 Å². The lowest BCUT2D eigenvalue weighted by Gasteiger charge is -2.60. The van der Waals surface area contributed by atoms with Gasteiger partial charge < -0.3 is 10.2 Å². The standard InChI is InChI=1S/C21H29NO4Si/c1-13-21(19(25)26)15(12-27(3,4)5)11-20(2,22-13)17(18(23)24)16(21)14-9-7-6-8-10-14/h6-10,15-17H,11-12H2,1-5H3,(H,23,24)(H,25,26). The minimum atomic E-state index is -1.58. The highest BCUT2D eigenvalue weighted by atomic mass is 28.3. The van der Waals surface area contributed by atoms with Crippen LogP contribution >= 0.6 is 0 Å². The second-order valence-electron chi connectivity index (χ2n) is 9.60. The van der Waals surface area contributed by atoms with Gasteiger partial charge in [-0.25, -0.2) is 0 Å². The van der Waals surface area contributed by atoms with E-state index in [0.29, 0.717) is 12.1 Å². The molecule has 5 nitrogen and oxygen atoms in total. The van der Waals surface area contributed by atoms with E-state index in [4.69, 9.17) is 4.99 Å². The molecule has 27 heavy (non-hydrogen) atoms. The van der Waals surface area contributed by atoms with Crippen molar-refractivity contribution in [2.45, 2.75) is 57.4 Å². The summed E-state index contributed by atoms with van der Waals surface area (Å²) in [6.07, 6.45) is 0.515. The number of hydrogen-bond acceptors (Lipinski definition) is 3. The Labute approximate surface area is 161 Å². The Balaban J connectivity index is 2.31. The molecular formula is C21H29NO4Si. The third-order valence-corrected chi connectivity index (χ3v) is 8.17. The summed E-state index contributed by atoms with van der Waals surface area (Å²) in [5.74, 6) is -3.47. The first-order valence-corrected chi connectivity index (χ1v) is 13.2. The highest BCUT2D eigenvalue weighted by Gasteiger charge is 2.69. The van der Waals surface area contributed by atoms with E-state index in [2.05, 4.69) is 19.6 Å². The summed E-state index contributed by atoms with van der Waals surface area (Å²) in [6, 6.07) is 10.2. The Hall–Kier alpha value is -1.95. The number of carboxylic acids is 2. The summed E-state index contributed by atoms with van der Waals surface area (Å²) in [6.45, 7) is 10.4. The highest BCUT2D eigenvalue weighted by molar-refractivity contribution is 6.76. The van der Waals surface area contributed by atoms with Gasteiger partial charge in [0.2, 0.25) is 0 Å². The summed E-state index contributed by atoms with van der Waals surface area (Å²) in [7, 11) is -1.58. The van der Waals surface area contributed by atoms with Crippen molar-refractivity contribution >= 4 is 25.7 Å². The molecular weight excluding hydrogens is 358 g/mol. The predicted octanol–water partition coefficient (Wildman–Crippen LogP) is 4.13. The summed E-state index contributed by atoms with van der Waals surface area (Å²) in [5.41, 5.74) is -0.674. The molecule has 1 aromatic carbocycles. The molecule has 3 aliphatic rings. The number of carboxylic acid groups (broad SMARTS) is 2. The van der Waals surface area contributed by atoms with Gasteiger partial charge in [-0.1, -0.05) is 56.0 Å². The maximum atomic E-state index is 12.8. The van der Waals surface area contributed by atoms with Crippen LogP contribution in [0.4, 0.5) is 0 Å². The third kappa shape index (κ3) is 2.94. The number of aliphatic carboxylic acids is 2. The van der Waals surface area contributed by atoms with Crippen molar-refractivity contribution < 1.29 is 19.8 Å². The van der Waals surface area contributed by atoms with E-state index in [1.807, 2.05) is 37.3 Å². The Morgan fingerprint density at radius 2 is 1.78 bits per heavy atom. The average Bonchev–Trinajstić information content (AvgIpc) is 2.51. The van der Waals surface area contributed by atoms with Gasteiger partial charge in [0.15, 0.2) is 0 Å². The van der Waals surface area contributed by atoms with Gasteiger partial charge >= 0.3 is 11.9 Å². The smallest absolute Gasteiger partial charge is 0.316 e. The molecule has 5 unspecified atom stereocenters. The van der Waals surface area contributed by atoms with E-state index in [9.17, 15) is 19.8 Å². The number of aliphatic imine (C=N–C) groups is 1. The molecule has 1 fully saturated rings. The van der Waals surface area contributed by atoms with Crippen molar-refractivity contribution in [2.24, 2.45) is 22.2 Å². The van der Waals surface area contributed by atoms with Crippen LogP contribution in [0.5, 0.6) is 0 Å². The minimum absolute atomic E-state index is 0.107. The number of carbonyl (C=O) groups is 2. The van der Waals surface area contributed by atoms with Crippen LogP contribution in [-0.4, -0.2) is 41.5 Å². The van der Waals surface area contributed by atoms with Crippen molar-refractivity contribution in [3.63, 3.8) is 0 Å². The van der Waals surface area contributed by atoms with Gasteiger partial charge in [-0.2, -0.15) is 0 Å². The van der Waals surface area contributed by atoms with Crippen molar-refractivity contribution in [1.29, 1.82) is 0 Å². The fraction of sp³-hybridized carbons (Fsp3) is 0.571. The molecule has 1 saturated carbocycles. The normalized spacial score (nSPS) is 35.6. The lowest BCUT2D eigenvalue weighted by Crippen LogP contribution is -2.67. The van der Waals surface area contributed by atoms with Crippen LogP contribution < -0.4 is 0 Å². The number of rotatable bonds is 5. The molecule has 2 bridgehead atoms. The lowest BCUT2D eigenvalue weighted by molar-refractivity contribution is -0.162. The molecule has 2 heterocycles. The summed E-state index contributed by atoms with van der Waals surface area (Å²) >= 11 is 0. The number of hydrogen-bond donors (Lipinski definition) is 2. The topological polar surface area (TPSA) is 87.0 Å². The van der Waals surface area contributed by atoms with Gasteiger partial charge in [0.05, 0.1) is 11.5 Å². The Morgan fingerprint density at radius 3 is 2.26 bits per heavy atom. The van der Waals surface area contributed by atoms with E-state index in [1.54, 1.807) is 6.92 Å². The maximum Gasteiger partial charge on any atom is 0.316 e. The number of nitrogens with zero attached hydrogens (tertiary/aromatic N) is 1. The van der Waals surface area contributed by atoms with Crippen LogP contribution in [0.3, 0.4) is 0 Å². The summed E-state index contributed by atoms with van der Waals surface area (Å²) in [5, 5.41) is 20.6. The van der Waals surface area contributed by atoms with Gasteiger partial charge in [-0.05, 0) is 31.7 Å². The molecule has 0 aromatic heterocycles. The molecule has 0 spiro atoms. The summed E-state index contributed by atoms with van der Waals surface area (Å²) < 4.78 is 0. The molecule has 4 rings (SSSR count). The monoisotopic (exact) mass is 387 g/mol. The van der Waals surface area contributed by atoms with E-state index in [-0.39, 0.29) is 5.92 Å². The van der Waals surface area contributed by atoms with E-state index in [0.717, 1.165) is 11.6 Å². The maximum absolute atomic E-state index is 12.8. The fourth-order valence-corrected chi connectivity index (χ4v) is 7.68. The minimum Gasteiger partial charge on any atom is -0.481 e. The van der Waals surface area contributed by atoms with Crippen molar-refractivity contribution in [2.75, 3.05) is 0 Å². The molecule has 0 radical (unpaired) electrons. The molecule has 1 aromatic rings. The van der Waals surface area contributed by atoms with Crippen molar-refractivity contribution in [1.82, 2.24) is 0 Å². The Bertz CT molecular complexity index is 800. The second-order valence-corrected chi connectivity index (χ2v) is 15.1. The molecule has 1 aliphatic carbocycles. The van der Waals surface area contributed by atoms with E-state index >= 15 is 0 Å². The van der Waals surface area contributed by atoms with Crippen LogP contribution in [0.2, 0.25) is 25.7 Å². The van der Waals surface area contributed by atoms with Gasteiger partial charge in [0.1, 0.15) is 5.41 Å². The SMILES string of the molecule is CC1=NC2(C)CC(C[Si](C)(C)C)C1(C(=O)O)C(c1ccccc1)C2C(=O)O. The van der Waals surface area contributed by atoms with E-state index < -0.39 is 42.8 Å². The van der Waals surface area contributed by atoms with Gasteiger partial charge in [0, 0.05) is 19.7 Å². The van der Waals surface area contributed by atoms with Gasteiger partial charge in [-0.3, -0.25) is 14.6 Å². The average molecular weight is 388 g/mol. The van der Waals surface area contributed by atoms with E-state index in [1.165, 1.54) is 0 Å². The largest absolute Gasteiger partial charge is 0.481 e.